The van der Waals surface area contributed by atoms with Gasteiger partial charge in [-0.25, -0.2) is 4.98 Å². The topological polar surface area (TPSA) is 45.9 Å². The van der Waals surface area contributed by atoms with Gasteiger partial charge in [0.15, 0.2) is 5.75 Å². The predicted octanol–water partition coefficient (Wildman–Crippen LogP) is 3.46. The molecule has 1 aromatic heterocycles. The maximum Gasteiger partial charge on any atom is 0.573 e. The molecular weight excluding hydrogens is 286 g/mol. The number of hydrogen-bond donors (Lipinski definition) is 0. The third-order valence-electron chi connectivity index (χ3n) is 1.40. The molecule has 0 aliphatic carbocycles. The first-order valence-corrected chi connectivity index (χ1v) is 4.84. The fourth-order valence-electron chi connectivity index (χ4n) is 0.891. The molecule has 0 aliphatic heterocycles. The first-order chi connectivity index (χ1) is 8.11. The second-order valence-corrected chi connectivity index (χ2v) is 3.83. The van der Waals surface area contributed by atoms with E-state index < -0.39 is 40.0 Å². The standard InChI is InChI=1S/C8H2F6N2OS/c9-7(10,11)17-5-3-16-4(2-15)1-6(5)18-8(12,13)14/h1,3H. The summed E-state index contributed by atoms with van der Waals surface area (Å²) in [5.41, 5.74) is -5.26. The van der Waals surface area contributed by atoms with Gasteiger partial charge in [-0.1, -0.05) is 0 Å². The Labute approximate surface area is 100 Å². The number of thioether (sulfide) groups is 1. The fourth-order valence-corrected chi connectivity index (χ4v) is 1.51. The molecule has 0 amide bonds. The van der Waals surface area contributed by atoms with E-state index in [4.69, 9.17) is 5.26 Å². The molecule has 3 nitrogen and oxygen atoms in total. The molecule has 18 heavy (non-hydrogen) atoms. The summed E-state index contributed by atoms with van der Waals surface area (Å²) in [7, 11) is 0. The van der Waals surface area contributed by atoms with E-state index in [0.29, 0.717) is 12.3 Å². The highest BCUT2D eigenvalue weighted by Gasteiger charge is 2.36. The lowest BCUT2D eigenvalue weighted by Crippen LogP contribution is -2.18. The predicted molar refractivity (Wildman–Crippen MR) is 47.5 cm³/mol. The van der Waals surface area contributed by atoms with Gasteiger partial charge in [0.05, 0.1) is 11.1 Å². The van der Waals surface area contributed by atoms with Crippen molar-refractivity contribution < 1.29 is 31.1 Å². The number of pyridine rings is 1. The average molecular weight is 288 g/mol. The molecule has 1 rings (SSSR count). The summed E-state index contributed by atoms with van der Waals surface area (Å²) in [6.45, 7) is 0. The zero-order valence-electron chi connectivity index (χ0n) is 8.13. The molecule has 0 saturated carbocycles. The SMILES string of the molecule is N#Cc1cc(SC(F)(F)F)c(OC(F)(F)F)cn1. The molecule has 0 bridgehead atoms. The number of nitrogens with zero attached hydrogens (tertiary/aromatic N) is 2. The van der Waals surface area contributed by atoms with Gasteiger partial charge in [-0.05, 0) is 17.8 Å². The van der Waals surface area contributed by atoms with Crippen molar-refractivity contribution in [1.29, 1.82) is 5.26 Å². The molecule has 1 heterocycles. The minimum atomic E-state index is -5.14. The zero-order valence-corrected chi connectivity index (χ0v) is 8.95. The summed E-state index contributed by atoms with van der Waals surface area (Å²) >= 11 is -0.819. The highest BCUT2D eigenvalue weighted by molar-refractivity contribution is 8.00. The van der Waals surface area contributed by atoms with Crippen LogP contribution in [0, 0.1) is 11.3 Å². The van der Waals surface area contributed by atoms with Crippen molar-refractivity contribution in [3.05, 3.63) is 18.0 Å². The normalized spacial score (nSPS) is 12.1. The van der Waals surface area contributed by atoms with Gasteiger partial charge in [0, 0.05) is 0 Å². The van der Waals surface area contributed by atoms with Crippen molar-refractivity contribution in [2.24, 2.45) is 0 Å². The highest BCUT2D eigenvalue weighted by Crippen LogP contribution is 2.42. The number of ether oxygens (including phenoxy) is 1. The maximum atomic E-state index is 12.1. The van der Waals surface area contributed by atoms with Gasteiger partial charge in [-0.3, -0.25) is 0 Å². The van der Waals surface area contributed by atoms with Gasteiger partial charge in [-0.2, -0.15) is 18.4 Å². The minimum absolute atomic E-state index is 0.417. The minimum Gasteiger partial charge on any atom is -0.403 e. The number of hydrogen-bond acceptors (Lipinski definition) is 4. The van der Waals surface area contributed by atoms with E-state index in [-0.39, 0.29) is 0 Å². The highest BCUT2D eigenvalue weighted by atomic mass is 32.2. The van der Waals surface area contributed by atoms with Crippen molar-refractivity contribution in [3.8, 4) is 11.8 Å². The lowest BCUT2D eigenvalue weighted by atomic mass is 10.3. The molecule has 0 fully saturated rings. The van der Waals surface area contributed by atoms with Crippen molar-refractivity contribution in [1.82, 2.24) is 4.98 Å². The van der Waals surface area contributed by atoms with E-state index in [9.17, 15) is 26.3 Å². The molecule has 0 unspecified atom stereocenters. The number of nitriles is 1. The molecule has 0 aliphatic rings. The van der Waals surface area contributed by atoms with Crippen LogP contribution in [0.15, 0.2) is 17.2 Å². The molecule has 98 valence electrons. The van der Waals surface area contributed by atoms with E-state index in [2.05, 4.69) is 9.72 Å². The van der Waals surface area contributed by atoms with Crippen LogP contribution in [0.25, 0.3) is 0 Å². The molecule has 0 saturated heterocycles. The average Bonchev–Trinajstić information content (AvgIpc) is 2.16. The van der Waals surface area contributed by atoms with Crippen LogP contribution in [-0.4, -0.2) is 16.9 Å². The second-order valence-electron chi connectivity index (χ2n) is 2.72. The Kier molecular flexibility index (Phi) is 3.95. The Morgan fingerprint density at radius 3 is 2.28 bits per heavy atom. The Morgan fingerprint density at radius 2 is 1.83 bits per heavy atom. The van der Waals surface area contributed by atoms with Gasteiger partial charge in [-0.15, -0.1) is 13.2 Å². The van der Waals surface area contributed by atoms with E-state index in [1.54, 1.807) is 0 Å². The van der Waals surface area contributed by atoms with Crippen LogP contribution in [0.3, 0.4) is 0 Å². The van der Waals surface area contributed by atoms with Crippen molar-refractivity contribution in [3.63, 3.8) is 0 Å². The van der Waals surface area contributed by atoms with Crippen LogP contribution in [0.4, 0.5) is 26.3 Å². The van der Waals surface area contributed by atoms with Crippen LogP contribution >= 0.6 is 11.8 Å². The monoisotopic (exact) mass is 288 g/mol. The van der Waals surface area contributed by atoms with E-state index in [0.717, 1.165) is 0 Å². The van der Waals surface area contributed by atoms with E-state index >= 15 is 0 Å². The second kappa shape index (κ2) is 4.93. The number of aromatic nitrogens is 1. The van der Waals surface area contributed by atoms with Crippen LogP contribution in [0.1, 0.15) is 5.69 Å². The lowest BCUT2D eigenvalue weighted by Gasteiger charge is -2.13. The van der Waals surface area contributed by atoms with Crippen LogP contribution in [0.2, 0.25) is 0 Å². The maximum absolute atomic E-state index is 12.1. The Balaban J connectivity index is 3.13. The van der Waals surface area contributed by atoms with Crippen molar-refractivity contribution in [2.75, 3.05) is 0 Å². The van der Waals surface area contributed by atoms with E-state index in [1.807, 2.05) is 0 Å². The molecule has 10 heteroatoms. The molecular formula is C8H2F6N2OS. The molecule has 0 atom stereocenters. The molecule has 1 aromatic rings. The molecule has 0 radical (unpaired) electrons. The largest absolute Gasteiger partial charge is 0.573 e. The fraction of sp³-hybridized carbons (Fsp3) is 0.250. The van der Waals surface area contributed by atoms with Crippen LogP contribution in [-0.2, 0) is 0 Å². The first-order valence-electron chi connectivity index (χ1n) is 4.02. The molecule has 0 N–H and O–H groups in total. The Morgan fingerprint density at radius 1 is 1.22 bits per heavy atom. The molecule has 0 spiro atoms. The quantitative estimate of drug-likeness (QED) is 0.617. The third-order valence-corrected chi connectivity index (χ3v) is 2.17. The Hall–Kier alpha value is -1.63. The lowest BCUT2D eigenvalue weighted by molar-refractivity contribution is -0.275. The van der Waals surface area contributed by atoms with Gasteiger partial charge in [0.25, 0.3) is 0 Å². The summed E-state index contributed by atoms with van der Waals surface area (Å²) in [5.74, 6) is -1.11. The van der Waals surface area contributed by atoms with Crippen molar-refractivity contribution >= 4 is 11.8 Å². The van der Waals surface area contributed by atoms with Crippen LogP contribution in [0.5, 0.6) is 5.75 Å². The first kappa shape index (κ1) is 14.4. The van der Waals surface area contributed by atoms with Gasteiger partial charge >= 0.3 is 11.9 Å². The summed E-state index contributed by atoms with van der Waals surface area (Å²) in [6, 6.07) is 1.98. The zero-order chi connectivity index (χ0) is 14.0. The van der Waals surface area contributed by atoms with Gasteiger partial charge in [0.2, 0.25) is 0 Å². The summed E-state index contributed by atoms with van der Waals surface area (Å²) in [4.78, 5) is 2.32. The summed E-state index contributed by atoms with van der Waals surface area (Å²) in [5, 5.41) is 8.42. The third kappa shape index (κ3) is 4.70. The van der Waals surface area contributed by atoms with Crippen molar-refractivity contribution in [2.45, 2.75) is 16.8 Å². The van der Waals surface area contributed by atoms with E-state index in [1.165, 1.54) is 6.07 Å². The van der Waals surface area contributed by atoms with Gasteiger partial charge in [0.1, 0.15) is 11.8 Å². The number of halogens is 6. The number of alkyl halides is 6. The molecule has 0 aromatic carbocycles. The number of rotatable bonds is 2. The van der Waals surface area contributed by atoms with Gasteiger partial charge < -0.3 is 4.74 Å². The summed E-state index contributed by atoms with van der Waals surface area (Å²) < 4.78 is 75.5. The summed E-state index contributed by atoms with van der Waals surface area (Å²) in [6.07, 6.45) is -4.73. The Bertz CT molecular complexity index is 478. The van der Waals surface area contributed by atoms with Crippen LogP contribution < -0.4 is 4.74 Å². The smallest absolute Gasteiger partial charge is 0.403 e.